The minimum atomic E-state index is -5.16. The molecule has 130 valence electrons. The van der Waals surface area contributed by atoms with Gasteiger partial charge in [-0.1, -0.05) is 12.1 Å². The third-order valence-corrected chi connectivity index (χ3v) is 4.47. The molecule has 1 aromatic heterocycles. The molecule has 0 spiro atoms. The van der Waals surface area contributed by atoms with Crippen LogP contribution in [0.3, 0.4) is 0 Å². The molecule has 0 fully saturated rings. The van der Waals surface area contributed by atoms with Crippen LogP contribution in [0.15, 0.2) is 24.3 Å². The van der Waals surface area contributed by atoms with Crippen molar-refractivity contribution in [3.8, 4) is 0 Å². The van der Waals surface area contributed by atoms with Gasteiger partial charge in [0.2, 0.25) is 11.5 Å². The van der Waals surface area contributed by atoms with Crippen molar-refractivity contribution in [3.05, 3.63) is 29.3 Å². The van der Waals surface area contributed by atoms with Crippen molar-refractivity contribution >= 4 is 33.4 Å². The summed E-state index contributed by atoms with van der Waals surface area (Å²) in [5, 5.41) is 20.1. The average molecular weight is 362 g/mol. The van der Waals surface area contributed by atoms with Crippen LogP contribution >= 0.6 is 11.3 Å². The minimum absolute atomic E-state index is 0.263. The number of fused-ring (bicyclic) bond motifs is 1. The number of aromatic nitrogens is 1. The highest BCUT2D eigenvalue weighted by Gasteiger charge is 2.58. The highest BCUT2D eigenvalue weighted by molar-refractivity contribution is 7.18. The molecule has 10 heteroatoms. The molecule has 0 bridgehead atoms. The zero-order chi connectivity index (χ0) is 18.1. The molecule has 2 aromatic rings. The van der Waals surface area contributed by atoms with Gasteiger partial charge in [-0.25, -0.2) is 4.98 Å². The number of alkyl halides is 3. The molecule has 1 unspecified atom stereocenters. The van der Waals surface area contributed by atoms with Crippen LogP contribution < -0.4 is 5.32 Å². The van der Waals surface area contributed by atoms with Crippen LogP contribution in [0.4, 0.5) is 13.2 Å². The lowest BCUT2D eigenvalue weighted by Gasteiger charge is -2.28. The van der Waals surface area contributed by atoms with Gasteiger partial charge in [-0.05, 0) is 19.1 Å². The van der Waals surface area contributed by atoms with E-state index in [4.69, 9.17) is 5.11 Å². The normalized spacial score (nSPS) is 15.7. The molecule has 2 atom stereocenters. The van der Waals surface area contributed by atoms with Gasteiger partial charge in [0.05, 0.1) is 16.6 Å². The number of aliphatic hydroxyl groups is 1. The van der Waals surface area contributed by atoms with E-state index in [2.05, 4.69) is 4.98 Å². The number of carbonyl (C=O) groups is 2. The third-order valence-electron chi connectivity index (χ3n) is 3.28. The predicted octanol–water partition coefficient (Wildman–Crippen LogP) is 2.03. The number of aliphatic carboxylic acids is 1. The van der Waals surface area contributed by atoms with E-state index >= 15 is 0 Å². The van der Waals surface area contributed by atoms with E-state index in [1.54, 1.807) is 18.2 Å². The van der Waals surface area contributed by atoms with E-state index in [9.17, 15) is 27.9 Å². The van der Waals surface area contributed by atoms with Crippen molar-refractivity contribution in [3.63, 3.8) is 0 Å². The van der Waals surface area contributed by atoms with Crippen molar-refractivity contribution < 1.29 is 33.0 Å². The lowest BCUT2D eigenvalue weighted by Crippen LogP contribution is -2.48. The van der Waals surface area contributed by atoms with Crippen LogP contribution in [-0.2, 0) is 15.2 Å². The fraction of sp³-hybridized carbons (Fsp3) is 0.357. The Morgan fingerprint density at radius 1 is 1.33 bits per heavy atom. The Balaban J connectivity index is 2.36. The first-order chi connectivity index (χ1) is 11.0. The van der Waals surface area contributed by atoms with Gasteiger partial charge in [-0.3, -0.25) is 9.59 Å². The summed E-state index contributed by atoms with van der Waals surface area (Å²) in [4.78, 5) is 26.2. The summed E-state index contributed by atoms with van der Waals surface area (Å²) in [6.45, 7) is 1.10. The summed E-state index contributed by atoms with van der Waals surface area (Å²) in [6, 6.07) is 4.83. The first kappa shape index (κ1) is 18.1. The highest BCUT2D eigenvalue weighted by Crippen LogP contribution is 2.44. The van der Waals surface area contributed by atoms with Gasteiger partial charge in [0.25, 0.3) is 0 Å². The van der Waals surface area contributed by atoms with Crippen LogP contribution in [0.2, 0.25) is 0 Å². The molecule has 0 saturated carbocycles. The van der Waals surface area contributed by atoms with Crippen molar-refractivity contribution in [1.82, 2.24) is 10.3 Å². The molecular formula is C14H13F3N2O4S. The Morgan fingerprint density at radius 2 is 1.96 bits per heavy atom. The summed E-state index contributed by atoms with van der Waals surface area (Å²) in [5.41, 5.74) is -3.24. The molecule has 1 aromatic carbocycles. The van der Waals surface area contributed by atoms with E-state index in [0.29, 0.717) is 16.0 Å². The molecule has 6 nitrogen and oxygen atoms in total. The number of halogens is 3. The lowest BCUT2D eigenvalue weighted by atomic mass is 9.99. The zero-order valence-corrected chi connectivity index (χ0v) is 13.1. The largest absolute Gasteiger partial charge is 0.480 e. The summed E-state index contributed by atoms with van der Waals surface area (Å²) in [6.07, 6.45) is -6.54. The number of nitrogens with one attached hydrogen (secondary N) is 1. The number of hydrogen-bond donors (Lipinski definition) is 3. The second kappa shape index (κ2) is 6.36. The number of benzene rings is 1. The van der Waals surface area contributed by atoms with Gasteiger partial charge in [0.15, 0.2) is 0 Å². The minimum Gasteiger partial charge on any atom is -0.480 e. The molecule has 0 aliphatic heterocycles. The molecule has 0 radical (unpaired) electrons. The van der Waals surface area contributed by atoms with E-state index < -0.39 is 41.1 Å². The molecule has 24 heavy (non-hydrogen) atoms. The molecule has 1 amide bonds. The van der Waals surface area contributed by atoms with Crippen molar-refractivity contribution in [2.75, 3.05) is 0 Å². The van der Waals surface area contributed by atoms with E-state index in [-0.39, 0.29) is 5.52 Å². The van der Waals surface area contributed by atoms with Crippen LogP contribution in [-0.4, -0.2) is 39.3 Å². The average Bonchev–Trinajstić information content (AvgIpc) is 2.89. The summed E-state index contributed by atoms with van der Waals surface area (Å²) < 4.78 is 40.6. The Hall–Kier alpha value is -2.20. The van der Waals surface area contributed by atoms with Crippen LogP contribution in [0.5, 0.6) is 0 Å². The van der Waals surface area contributed by atoms with Gasteiger partial charge < -0.3 is 15.5 Å². The summed E-state index contributed by atoms with van der Waals surface area (Å²) in [5.74, 6) is -2.65. The number of rotatable bonds is 5. The number of carbonyl (C=O) groups excluding carboxylic acids is 1. The van der Waals surface area contributed by atoms with Crippen molar-refractivity contribution in [2.24, 2.45) is 0 Å². The van der Waals surface area contributed by atoms with Crippen LogP contribution in [0.25, 0.3) is 10.2 Å². The fourth-order valence-electron chi connectivity index (χ4n) is 1.93. The number of para-hydroxylation sites is 1. The van der Waals surface area contributed by atoms with Crippen LogP contribution in [0.1, 0.15) is 18.4 Å². The maximum Gasteiger partial charge on any atom is 0.424 e. The lowest BCUT2D eigenvalue weighted by molar-refractivity contribution is -0.267. The number of carboxylic acid groups (broad SMARTS) is 1. The Kier molecular flexibility index (Phi) is 4.81. The van der Waals surface area contributed by atoms with Gasteiger partial charge in [0.1, 0.15) is 11.0 Å². The highest BCUT2D eigenvalue weighted by atomic mass is 32.1. The molecule has 1 heterocycles. The van der Waals surface area contributed by atoms with Crippen LogP contribution in [0, 0.1) is 0 Å². The Morgan fingerprint density at radius 3 is 2.50 bits per heavy atom. The topological polar surface area (TPSA) is 99.5 Å². The monoisotopic (exact) mass is 362 g/mol. The molecule has 2 rings (SSSR count). The second-order valence-corrected chi connectivity index (χ2v) is 6.18. The first-order valence-corrected chi connectivity index (χ1v) is 7.53. The number of nitrogens with zero attached hydrogens (tertiary/aromatic N) is 1. The number of hydrogen-bond acceptors (Lipinski definition) is 5. The van der Waals surface area contributed by atoms with E-state index in [1.165, 1.54) is 6.07 Å². The number of thiazole rings is 1. The molecular weight excluding hydrogens is 349 g/mol. The quantitative estimate of drug-likeness (QED) is 0.756. The number of carboxylic acids is 1. The Bertz CT molecular complexity index is 744. The maximum atomic E-state index is 13.4. The smallest absolute Gasteiger partial charge is 0.424 e. The van der Waals surface area contributed by atoms with Gasteiger partial charge in [-0.15, -0.1) is 11.3 Å². The number of amides is 1. The molecule has 3 N–H and O–H groups in total. The van der Waals surface area contributed by atoms with Crippen molar-refractivity contribution in [2.45, 2.75) is 31.2 Å². The first-order valence-electron chi connectivity index (χ1n) is 6.72. The Labute approximate surface area is 137 Å². The molecule has 0 aliphatic carbocycles. The van der Waals surface area contributed by atoms with Gasteiger partial charge in [-0.2, -0.15) is 13.2 Å². The summed E-state index contributed by atoms with van der Waals surface area (Å²) in [7, 11) is 0. The SMILES string of the molecule is C[C@H](NC(=O)CC(O)(c1nc2ccccc2s1)C(F)(F)F)C(=O)O. The third kappa shape index (κ3) is 3.49. The maximum absolute atomic E-state index is 13.4. The van der Waals surface area contributed by atoms with E-state index in [1.807, 2.05) is 5.32 Å². The zero-order valence-electron chi connectivity index (χ0n) is 12.3. The summed E-state index contributed by atoms with van der Waals surface area (Å²) >= 11 is 0.621. The second-order valence-electron chi connectivity index (χ2n) is 5.15. The van der Waals surface area contributed by atoms with E-state index in [0.717, 1.165) is 6.92 Å². The fourth-order valence-corrected chi connectivity index (χ4v) is 3.01. The van der Waals surface area contributed by atoms with Gasteiger partial charge >= 0.3 is 12.1 Å². The van der Waals surface area contributed by atoms with Crippen molar-refractivity contribution in [1.29, 1.82) is 0 Å². The molecule has 0 saturated heterocycles. The standard InChI is InChI=1S/C14H13F3N2O4S/c1-7(11(21)22)18-10(20)6-13(23,14(15,16)17)12-19-8-4-2-3-5-9(8)24-12/h2-5,7,23H,6H2,1H3,(H,18,20)(H,21,22)/t7-,13?/m0/s1. The molecule has 0 aliphatic rings. The predicted molar refractivity (Wildman–Crippen MR) is 79.4 cm³/mol. The van der Waals surface area contributed by atoms with Gasteiger partial charge in [0, 0.05) is 0 Å².